The molecule has 1 aliphatic heterocycles. The minimum atomic E-state index is -0.0170. The van der Waals surface area contributed by atoms with Gasteiger partial charge in [-0.1, -0.05) is 37.1 Å². The van der Waals surface area contributed by atoms with E-state index < -0.39 is 0 Å². The molecule has 1 unspecified atom stereocenters. The molecular weight excluding hydrogens is 404 g/mol. The summed E-state index contributed by atoms with van der Waals surface area (Å²) >= 11 is 1.92. The van der Waals surface area contributed by atoms with E-state index in [9.17, 15) is 4.79 Å². The predicted octanol–water partition coefficient (Wildman–Crippen LogP) is 6.46. The number of imidazole rings is 1. The molecule has 0 spiro atoms. The van der Waals surface area contributed by atoms with Gasteiger partial charge in [-0.15, -0.1) is 11.8 Å². The molecule has 2 aromatic carbocycles. The van der Waals surface area contributed by atoms with Gasteiger partial charge in [0, 0.05) is 23.2 Å². The van der Waals surface area contributed by atoms with Crippen molar-refractivity contribution in [3.8, 4) is 0 Å². The number of para-hydroxylation sites is 3. The van der Waals surface area contributed by atoms with Gasteiger partial charge in [0.05, 0.1) is 22.8 Å². The molecule has 2 fully saturated rings. The third-order valence-corrected chi connectivity index (χ3v) is 7.95. The number of urea groups is 1. The lowest BCUT2D eigenvalue weighted by Gasteiger charge is -2.26. The zero-order chi connectivity index (χ0) is 21.2. The summed E-state index contributed by atoms with van der Waals surface area (Å²) in [6.45, 7) is 3.76. The van der Waals surface area contributed by atoms with Gasteiger partial charge in [0.2, 0.25) is 0 Å². The zero-order valence-electron chi connectivity index (χ0n) is 18.1. The lowest BCUT2D eigenvalue weighted by atomic mass is 10.2. The van der Waals surface area contributed by atoms with Crippen LogP contribution in [0.1, 0.15) is 57.3 Å². The third-order valence-electron chi connectivity index (χ3n) is 6.54. The van der Waals surface area contributed by atoms with Crippen LogP contribution in [0.4, 0.5) is 10.5 Å². The summed E-state index contributed by atoms with van der Waals surface area (Å²) in [5.41, 5.74) is 3.08. The Morgan fingerprint density at radius 3 is 2.68 bits per heavy atom. The van der Waals surface area contributed by atoms with Crippen molar-refractivity contribution in [3.05, 3.63) is 54.4 Å². The molecule has 6 heteroatoms. The molecule has 1 saturated carbocycles. The van der Waals surface area contributed by atoms with Crippen LogP contribution in [-0.2, 0) is 6.54 Å². The first-order chi connectivity index (χ1) is 15.2. The first kappa shape index (κ1) is 20.4. The number of benzene rings is 2. The second kappa shape index (κ2) is 8.95. The van der Waals surface area contributed by atoms with Crippen molar-refractivity contribution in [1.82, 2.24) is 14.5 Å². The molecule has 1 aromatic heterocycles. The first-order valence-corrected chi connectivity index (χ1v) is 12.4. The van der Waals surface area contributed by atoms with Crippen molar-refractivity contribution in [2.24, 2.45) is 0 Å². The van der Waals surface area contributed by atoms with E-state index in [1.165, 1.54) is 30.6 Å². The number of hydrogen-bond donors (Lipinski definition) is 1. The van der Waals surface area contributed by atoms with E-state index in [0.29, 0.717) is 5.25 Å². The molecule has 1 aliphatic carbocycles. The van der Waals surface area contributed by atoms with E-state index in [0.717, 1.165) is 48.5 Å². The van der Waals surface area contributed by atoms with Crippen LogP contribution in [-0.4, -0.2) is 32.3 Å². The smallest absolute Gasteiger partial charge is 0.322 e. The number of carbonyl (C=O) groups excluding carboxylic acids is 1. The van der Waals surface area contributed by atoms with Crippen LogP contribution in [0.5, 0.6) is 0 Å². The number of nitrogens with zero attached hydrogens (tertiary/aromatic N) is 3. The molecule has 1 atom stereocenters. The number of fused-ring (bicyclic) bond motifs is 1. The highest BCUT2D eigenvalue weighted by Gasteiger charge is 2.34. The van der Waals surface area contributed by atoms with Crippen LogP contribution in [0.15, 0.2) is 53.4 Å². The van der Waals surface area contributed by atoms with Crippen LogP contribution >= 0.6 is 11.8 Å². The molecule has 1 saturated heterocycles. The number of thioether (sulfide) groups is 1. The normalized spacial score (nSPS) is 19.4. The van der Waals surface area contributed by atoms with Crippen LogP contribution in [0.2, 0.25) is 0 Å². The zero-order valence-corrected chi connectivity index (χ0v) is 18.9. The van der Waals surface area contributed by atoms with E-state index >= 15 is 0 Å². The summed E-state index contributed by atoms with van der Waals surface area (Å²) in [7, 11) is 0. The average molecular weight is 435 g/mol. The Kier molecular flexibility index (Phi) is 5.90. The Balaban J connectivity index is 1.38. The molecule has 0 radical (unpaired) electrons. The maximum Gasteiger partial charge on any atom is 0.322 e. The van der Waals surface area contributed by atoms with Crippen molar-refractivity contribution >= 4 is 34.5 Å². The van der Waals surface area contributed by atoms with E-state index in [1.54, 1.807) is 0 Å². The van der Waals surface area contributed by atoms with E-state index in [2.05, 4.69) is 47.1 Å². The number of likely N-dealkylation sites (tertiary alicyclic amines) is 1. The summed E-state index contributed by atoms with van der Waals surface area (Å²) in [6.07, 6.45) is 7.14. The summed E-state index contributed by atoms with van der Waals surface area (Å²) in [5, 5.41) is 3.90. The predicted molar refractivity (Wildman–Crippen MR) is 128 cm³/mol. The second-order valence-corrected chi connectivity index (χ2v) is 9.85. The molecule has 1 N–H and O–H groups in total. The third kappa shape index (κ3) is 4.05. The quantitative estimate of drug-likeness (QED) is 0.501. The number of nitrogens with one attached hydrogen (secondary N) is 1. The standard InChI is InChI=1S/C25H30N4OS/c1-2-28-21-14-7-5-12-19(21)26-24(28)22-15-9-17-29(22)25(30)27-20-13-6-8-16-23(20)31-18-10-3-4-11-18/h5-8,12-14,16,18,22H,2-4,9-11,15,17H2,1H3,(H,27,30). The van der Waals surface area contributed by atoms with Crippen LogP contribution in [0.25, 0.3) is 11.0 Å². The van der Waals surface area contributed by atoms with E-state index in [4.69, 9.17) is 4.98 Å². The van der Waals surface area contributed by atoms with Gasteiger partial charge in [0.15, 0.2) is 0 Å². The van der Waals surface area contributed by atoms with Gasteiger partial charge in [-0.25, -0.2) is 9.78 Å². The lowest BCUT2D eigenvalue weighted by molar-refractivity contribution is 0.204. The topological polar surface area (TPSA) is 50.2 Å². The van der Waals surface area contributed by atoms with Crippen molar-refractivity contribution < 1.29 is 4.79 Å². The molecule has 31 heavy (non-hydrogen) atoms. The Hall–Kier alpha value is -2.47. The fraction of sp³-hybridized carbons (Fsp3) is 0.440. The fourth-order valence-corrected chi connectivity index (χ4v) is 6.34. The van der Waals surface area contributed by atoms with Gasteiger partial charge in [-0.2, -0.15) is 0 Å². The molecule has 2 amide bonds. The monoisotopic (exact) mass is 434 g/mol. The van der Waals surface area contributed by atoms with Gasteiger partial charge in [0.25, 0.3) is 0 Å². The maximum atomic E-state index is 13.4. The molecule has 2 heterocycles. The number of rotatable bonds is 5. The Morgan fingerprint density at radius 1 is 1.06 bits per heavy atom. The van der Waals surface area contributed by atoms with E-state index in [1.807, 2.05) is 34.9 Å². The van der Waals surface area contributed by atoms with Gasteiger partial charge in [-0.05, 0) is 56.9 Å². The number of amides is 2. The molecule has 3 aromatic rings. The number of hydrogen-bond acceptors (Lipinski definition) is 3. The number of anilines is 1. The minimum Gasteiger partial charge on any atom is -0.327 e. The summed E-state index contributed by atoms with van der Waals surface area (Å²) in [5.74, 6) is 1.00. The summed E-state index contributed by atoms with van der Waals surface area (Å²) in [6, 6.07) is 16.5. The highest BCUT2D eigenvalue weighted by molar-refractivity contribution is 8.00. The Bertz CT molecular complexity index is 1070. The molecule has 5 rings (SSSR count). The fourth-order valence-electron chi connectivity index (χ4n) is 5.00. The Morgan fingerprint density at radius 2 is 1.84 bits per heavy atom. The average Bonchev–Trinajstić information content (AvgIpc) is 3.54. The van der Waals surface area contributed by atoms with Gasteiger partial charge in [-0.3, -0.25) is 0 Å². The molecule has 162 valence electrons. The highest BCUT2D eigenvalue weighted by atomic mass is 32.2. The minimum absolute atomic E-state index is 0.0157. The van der Waals surface area contributed by atoms with Gasteiger partial charge >= 0.3 is 6.03 Å². The number of carbonyl (C=O) groups is 1. The number of aryl methyl sites for hydroxylation is 1. The van der Waals surface area contributed by atoms with Crippen LogP contribution < -0.4 is 5.32 Å². The second-order valence-electron chi connectivity index (χ2n) is 8.51. The lowest BCUT2D eigenvalue weighted by Crippen LogP contribution is -2.35. The molecular formula is C25H30N4OS. The number of aromatic nitrogens is 2. The molecule has 5 nitrogen and oxygen atoms in total. The highest BCUT2D eigenvalue weighted by Crippen LogP contribution is 2.39. The van der Waals surface area contributed by atoms with Crippen molar-refractivity contribution in [1.29, 1.82) is 0 Å². The summed E-state index contributed by atoms with van der Waals surface area (Å²) < 4.78 is 2.26. The van der Waals surface area contributed by atoms with Gasteiger partial charge < -0.3 is 14.8 Å². The Labute approximate surface area is 188 Å². The maximum absolute atomic E-state index is 13.4. The molecule has 0 bridgehead atoms. The van der Waals surface area contributed by atoms with Crippen molar-refractivity contribution in [2.45, 2.75) is 68.2 Å². The SMILES string of the molecule is CCn1c(C2CCCN2C(=O)Nc2ccccc2SC2CCCC2)nc2ccccc21. The largest absolute Gasteiger partial charge is 0.327 e. The van der Waals surface area contributed by atoms with Crippen LogP contribution in [0.3, 0.4) is 0 Å². The van der Waals surface area contributed by atoms with Gasteiger partial charge in [0.1, 0.15) is 5.82 Å². The van der Waals surface area contributed by atoms with Crippen molar-refractivity contribution in [2.75, 3.05) is 11.9 Å². The van der Waals surface area contributed by atoms with E-state index in [-0.39, 0.29) is 12.1 Å². The van der Waals surface area contributed by atoms with Crippen molar-refractivity contribution in [3.63, 3.8) is 0 Å². The first-order valence-electron chi connectivity index (χ1n) is 11.5. The van der Waals surface area contributed by atoms with Crippen LogP contribution in [0, 0.1) is 0 Å². The summed E-state index contributed by atoms with van der Waals surface area (Å²) in [4.78, 5) is 21.5. The molecule has 2 aliphatic rings.